The molecule has 1 aliphatic rings. The van der Waals surface area contributed by atoms with E-state index < -0.39 is 9.84 Å². The van der Waals surface area contributed by atoms with Crippen molar-refractivity contribution in [3.05, 3.63) is 59.2 Å². The standard InChI is InChI=1S/C18H17NO4S/c1-3-11(2)19-18(21)12-8-9-14-16(10-12)24(22,23)15-7-5-4-6-13(15)17(14)20/h4-11H,3H2,1-2H3,(H,19,21)/t11-/m0/s1. The van der Waals surface area contributed by atoms with Crippen molar-refractivity contribution in [3.63, 3.8) is 0 Å². The van der Waals surface area contributed by atoms with Gasteiger partial charge in [0.05, 0.1) is 9.79 Å². The highest BCUT2D eigenvalue weighted by atomic mass is 32.2. The van der Waals surface area contributed by atoms with Gasteiger partial charge in [0.15, 0.2) is 5.78 Å². The van der Waals surface area contributed by atoms with Crippen LogP contribution in [0.4, 0.5) is 0 Å². The van der Waals surface area contributed by atoms with Crippen LogP contribution in [-0.4, -0.2) is 26.2 Å². The summed E-state index contributed by atoms with van der Waals surface area (Å²) < 4.78 is 25.6. The van der Waals surface area contributed by atoms with Crippen LogP contribution in [0.2, 0.25) is 0 Å². The molecule has 0 bridgehead atoms. The Hall–Kier alpha value is -2.47. The highest BCUT2D eigenvalue weighted by Gasteiger charge is 2.35. The van der Waals surface area contributed by atoms with Gasteiger partial charge in [-0.25, -0.2) is 8.42 Å². The molecule has 5 nitrogen and oxygen atoms in total. The van der Waals surface area contributed by atoms with Crippen LogP contribution in [0.5, 0.6) is 0 Å². The molecule has 3 rings (SSSR count). The van der Waals surface area contributed by atoms with Crippen molar-refractivity contribution in [2.75, 3.05) is 0 Å². The Bertz CT molecular complexity index is 947. The van der Waals surface area contributed by atoms with Crippen LogP contribution in [0, 0.1) is 0 Å². The molecule has 0 unspecified atom stereocenters. The first-order valence-corrected chi connectivity index (χ1v) is 9.18. The molecule has 0 aliphatic carbocycles. The van der Waals surface area contributed by atoms with E-state index in [1.54, 1.807) is 12.1 Å². The Kier molecular flexibility index (Phi) is 4.01. The van der Waals surface area contributed by atoms with E-state index in [0.717, 1.165) is 6.42 Å². The van der Waals surface area contributed by atoms with Crippen LogP contribution in [0.25, 0.3) is 0 Å². The fourth-order valence-electron chi connectivity index (χ4n) is 2.63. The normalized spacial score (nSPS) is 16.0. The van der Waals surface area contributed by atoms with Gasteiger partial charge < -0.3 is 5.32 Å². The predicted molar refractivity (Wildman–Crippen MR) is 89.0 cm³/mol. The summed E-state index contributed by atoms with van der Waals surface area (Å²) in [6, 6.07) is 10.3. The number of sulfone groups is 1. The maximum atomic E-state index is 12.8. The molecule has 0 saturated carbocycles. The number of amides is 1. The van der Waals surface area contributed by atoms with Crippen molar-refractivity contribution in [1.82, 2.24) is 5.32 Å². The van der Waals surface area contributed by atoms with E-state index in [9.17, 15) is 18.0 Å². The summed E-state index contributed by atoms with van der Waals surface area (Å²) in [5.41, 5.74) is 0.500. The number of hydrogen-bond donors (Lipinski definition) is 1. The van der Waals surface area contributed by atoms with Gasteiger partial charge in [-0.3, -0.25) is 9.59 Å². The Balaban J connectivity index is 2.12. The Labute approximate surface area is 140 Å². The second-order valence-corrected chi connectivity index (χ2v) is 7.71. The lowest BCUT2D eigenvalue weighted by atomic mass is 10.0. The van der Waals surface area contributed by atoms with Gasteiger partial charge in [0.25, 0.3) is 5.91 Å². The van der Waals surface area contributed by atoms with Gasteiger partial charge in [0, 0.05) is 22.7 Å². The summed E-state index contributed by atoms with van der Waals surface area (Å²) in [6.45, 7) is 3.81. The second-order valence-electron chi connectivity index (χ2n) is 5.82. The number of ketones is 1. The number of fused-ring (bicyclic) bond motifs is 2. The van der Waals surface area contributed by atoms with Gasteiger partial charge in [-0.2, -0.15) is 0 Å². The van der Waals surface area contributed by atoms with Gasteiger partial charge in [-0.1, -0.05) is 19.1 Å². The number of carbonyl (C=O) groups excluding carboxylic acids is 2. The fourth-order valence-corrected chi connectivity index (χ4v) is 4.31. The SMILES string of the molecule is CC[C@H](C)NC(=O)c1ccc2c(c1)S(=O)(=O)c1ccccc1C2=O. The zero-order valence-corrected chi connectivity index (χ0v) is 14.2. The molecule has 2 aromatic carbocycles. The summed E-state index contributed by atoms with van der Waals surface area (Å²) in [5.74, 6) is -0.696. The highest BCUT2D eigenvalue weighted by Crippen LogP contribution is 2.34. The Morgan fingerprint density at radius 3 is 2.46 bits per heavy atom. The van der Waals surface area contributed by atoms with Gasteiger partial charge in [0.2, 0.25) is 9.84 Å². The molecule has 1 amide bonds. The summed E-state index contributed by atoms with van der Waals surface area (Å²) >= 11 is 0. The van der Waals surface area contributed by atoms with Crippen molar-refractivity contribution in [1.29, 1.82) is 0 Å². The van der Waals surface area contributed by atoms with Gasteiger partial charge in [-0.05, 0) is 43.7 Å². The van der Waals surface area contributed by atoms with Crippen LogP contribution in [0.15, 0.2) is 52.3 Å². The maximum absolute atomic E-state index is 12.8. The number of carbonyl (C=O) groups is 2. The van der Waals surface area contributed by atoms with Crippen molar-refractivity contribution >= 4 is 21.5 Å². The van der Waals surface area contributed by atoms with E-state index in [0.29, 0.717) is 0 Å². The molecule has 0 aromatic heterocycles. The van der Waals surface area contributed by atoms with E-state index in [1.165, 1.54) is 30.3 Å². The number of rotatable bonds is 3. The van der Waals surface area contributed by atoms with E-state index in [1.807, 2.05) is 13.8 Å². The van der Waals surface area contributed by atoms with E-state index in [-0.39, 0.29) is 44.2 Å². The molecular formula is C18H17NO4S. The quantitative estimate of drug-likeness (QED) is 0.793. The van der Waals surface area contributed by atoms with Gasteiger partial charge in [0.1, 0.15) is 0 Å². The van der Waals surface area contributed by atoms with E-state index >= 15 is 0 Å². The minimum atomic E-state index is -3.83. The lowest BCUT2D eigenvalue weighted by molar-refractivity contribution is 0.0937. The van der Waals surface area contributed by atoms with Crippen LogP contribution in [0.1, 0.15) is 46.5 Å². The molecule has 0 radical (unpaired) electrons. The zero-order valence-electron chi connectivity index (χ0n) is 13.4. The number of nitrogens with one attached hydrogen (secondary N) is 1. The first kappa shape index (κ1) is 16.4. The molecule has 0 saturated heterocycles. The summed E-state index contributed by atoms with van der Waals surface area (Å²) in [6.07, 6.45) is 0.765. The van der Waals surface area contributed by atoms with Crippen molar-refractivity contribution in [2.24, 2.45) is 0 Å². The van der Waals surface area contributed by atoms with Gasteiger partial charge in [-0.15, -0.1) is 0 Å². The fraction of sp³-hybridized carbons (Fsp3) is 0.222. The number of benzene rings is 2. The minimum Gasteiger partial charge on any atom is -0.350 e. The smallest absolute Gasteiger partial charge is 0.251 e. The highest BCUT2D eigenvalue weighted by molar-refractivity contribution is 7.91. The minimum absolute atomic E-state index is 0.0121. The largest absolute Gasteiger partial charge is 0.350 e. The monoisotopic (exact) mass is 343 g/mol. The summed E-state index contributed by atoms with van der Waals surface area (Å²) in [7, 11) is -3.83. The second kappa shape index (κ2) is 5.87. The average molecular weight is 343 g/mol. The molecule has 124 valence electrons. The van der Waals surface area contributed by atoms with E-state index in [4.69, 9.17) is 0 Å². The molecule has 1 heterocycles. The average Bonchev–Trinajstić information content (AvgIpc) is 2.59. The summed E-state index contributed by atoms with van der Waals surface area (Å²) in [5, 5.41) is 2.79. The van der Waals surface area contributed by atoms with Crippen LogP contribution in [0.3, 0.4) is 0 Å². The molecule has 6 heteroatoms. The van der Waals surface area contributed by atoms with Crippen molar-refractivity contribution in [2.45, 2.75) is 36.1 Å². The van der Waals surface area contributed by atoms with Crippen molar-refractivity contribution < 1.29 is 18.0 Å². The van der Waals surface area contributed by atoms with Crippen LogP contribution >= 0.6 is 0 Å². The molecule has 1 aliphatic heterocycles. The number of hydrogen-bond acceptors (Lipinski definition) is 4. The molecule has 24 heavy (non-hydrogen) atoms. The van der Waals surface area contributed by atoms with Crippen molar-refractivity contribution in [3.8, 4) is 0 Å². The Morgan fingerprint density at radius 1 is 1.08 bits per heavy atom. The van der Waals surface area contributed by atoms with E-state index in [2.05, 4.69) is 5.32 Å². The first-order valence-electron chi connectivity index (χ1n) is 7.70. The molecular weight excluding hydrogens is 326 g/mol. The Morgan fingerprint density at radius 2 is 1.75 bits per heavy atom. The maximum Gasteiger partial charge on any atom is 0.251 e. The predicted octanol–water partition coefficient (Wildman–Crippen LogP) is 2.59. The molecule has 2 aromatic rings. The molecule has 0 fully saturated rings. The lowest BCUT2D eigenvalue weighted by Crippen LogP contribution is -2.32. The third-order valence-electron chi connectivity index (χ3n) is 4.19. The van der Waals surface area contributed by atoms with Gasteiger partial charge >= 0.3 is 0 Å². The molecule has 1 atom stereocenters. The third kappa shape index (κ3) is 2.53. The summed E-state index contributed by atoms with van der Waals surface area (Å²) in [4.78, 5) is 24.7. The van der Waals surface area contributed by atoms with Crippen LogP contribution in [-0.2, 0) is 9.84 Å². The lowest BCUT2D eigenvalue weighted by Gasteiger charge is -2.19. The topological polar surface area (TPSA) is 80.3 Å². The third-order valence-corrected chi connectivity index (χ3v) is 6.04. The zero-order chi connectivity index (χ0) is 17.5. The molecule has 0 spiro atoms. The van der Waals surface area contributed by atoms with Crippen LogP contribution < -0.4 is 5.32 Å². The molecule has 1 N–H and O–H groups in total. The first-order chi connectivity index (χ1) is 11.4.